The highest BCUT2D eigenvalue weighted by atomic mass is 31.2. The number of alkyl halides is 4. The van der Waals surface area contributed by atoms with E-state index in [0.717, 1.165) is 17.2 Å². The smallest absolute Gasteiger partial charge is 0.497 e. The third-order valence-corrected chi connectivity index (χ3v) is 7.86. The molecule has 2 aromatic heterocycles. The van der Waals surface area contributed by atoms with Crippen LogP contribution in [0.25, 0.3) is 11.2 Å². The summed E-state index contributed by atoms with van der Waals surface area (Å²) in [6.07, 6.45) is -7.07. The highest BCUT2D eigenvalue weighted by molar-refractivity contribution is 7.49. The molecular formula is C25H24F4N5O8P. The third-order valence-electron chi connectivity index (χ3n) is 6.54. The molecule has 4 aromatic rings. The molecule has 0 amide bonds. The monoisotopic (exact) mass is 629 g/mol. The third kappa shape index (κ3) is 5.51. The molecule has 43 heavy (non-hydrogen) atoms. The molecule has 18 heteroatoms. The van der Waals surface area contributed by atoms with Gasteiger partial charge in [-0.2, -0.15) is 8.78 Å². The minimum absolute atomic E-state index is 0.0438. The number of nitrogen functional groups attached to an aromatic ring is 1. The van der Waals surface area contributed by atoms with Gasteiger partial charge in [0, 0.05) is 0 Å². The Balaban J connectivity index is 1.48. The molecule has 2 aromatic carbocycles. The molecule has 0 unspecified atom stereocenters. The predicted octanol–water partition coefficient (Wildman–Crippen LogP) is 4.24. The molecule has 1 aliphatic heterocycles. The van der Waals surface area contributed by atoms with Crippen LogP contribution in [0.15, 0.2) is 61.2 Å². The number of aliphatic hydroxyl groups is 1. The molecule has 3 N–H and O–H groups in total. The summed E-state index contributed by atoms with van der Waals surface area (Å²) >= 11 is 0. The molecule has 0 saturated carbocycles. The fourth-order valence-electron chi connectivity index (χ4n) is 4.22. The molecule has 0 radical (unpaired) electrons. The summed E-state index contributed by atoms with van der Waals surface area (Å²) in [5, 5.41) is 10.6. The first kappa shape index (κ1) is 30.3. The topological polar surface area (TPSA) is 162 Å². The maximum Gasteiger partial charge on any atom is 0.587 e. The van der Waals surface area contributed by atoms with Gasteiger partial charge in [0.25, 0.3) is 6.43 Å². The first-order chi connectivity index (χ1) is 20.4. The van der Waals surface area contributed by atoms with E-state index in [1.807, 2.05) is 0 Å². The lowest BCUT2D eigenvalue weighted by atomic mass is 9.95. The van der Waals surface area contributed by atoms with Crippen LogP contribution in [0.1, 0.15) is 6.23 Å². The Labute approximate surface area is 240 Å². The van der Waals surface area contributed by atoms with Gasteiger partial charge in [-0.1, -0.05) is 0 Å². The zero-order valence-electron chi connectivity index (χ0n) is 22.3. The number of nitrogens with zero attached hydrogens (tertiary/aromatic N) is 4. The van der Waals surface area contributed by atoms with Gasteiger partial charge in [-0.15, -0.1) is 0 Å². The molecule has 0 bridgehead atoms. The maximum atomic E-state index is 15.6. The second-order valence-corrected chi connectivity index (χ2v) is 10.6. The number of nitrogens with two attached hydrogens (primary N) is 1. The molecule has 1 saturated heterocycles. The average Bonchev–Trinajstić information content (AvgIpc) is 3.50. The van der Waals surface area contributed by atoms with E-state index in [0.29, 0.717) is 11.5 Å². The van der Waals surface area contributed by atoms with E-state index < -0.39 is 44.7 Å². The van der Waals surface area contributed by atoms with Crippen LogP contribution in [-0.4, -0.2) is 69.5 Å². The number of ether oxygens (including phenoxy) is 3. The van der Waals surface area contributed by atoms with Crippen LogP contribution in [0.4, 0.5) is 23.4 Å². The van der Waals surface area contributed by atoms with Crippen LogP contribution in [0, 0.1) is 0 Å². The number of aromatic nitrogens is 4. The van der Waals surface area contributed by atoms with Crippen LogP contribution >= 0.6 is 7.82 Å². The fraction of sp³-hybridized carbons (Fsp3) is 0.320. The van der Waals surface area contributed by atoms with Crippen LogP contribution in [0.2, 0.25) is 0 Å². The molecule has 1 aliphatic rings. The molecule has 3 atom stereocenters. The van der Waals surface area contributed by atoms with Crippen molar-refractivity contribution < 1.29 is 55.0 Å². The second kappa shape index (κ2) is 11.5. The quantitative estimate of drug-likeness (QED) is 0.180. The normalized spacial score (nSPS) is 21.7. The number of phosphoric ester groups is 1. The van der Waals surface area contributed by atoms with E-state index in [2.05, 4.69) is 15.0 Å². The zero-order chi connectivity index (χ0) is 31.0. The predicted molar refractivity (Wildman–Crippen MR) is 140 cm³/mol. The summed E-state index contributed by atoms with van der Waals surface area (Å²) in [5.74, 6) is -4.28. The van der Waals surface area contributed by atoms with Crippen LogP contribution < -0.4 is 24.3 Å². The van der Waals surface area contributed by atoms with Crippen LogP contribution in [-0.2, 0) is 13.8 Å². The van der Waals surface area contributed by atoms with Crippen molar-refractivity contribution in [3.8, 4) is 23.0 Å². The van der Waals surface area contributed by atoms with Gasteiger partial charge in [-0.3, -0.25) is 9.09 Å². The molecular weight excluding hydrogens is 605 g/mol. The van der Waals surface area contributed by atoms with Gasteiger partial charge in [0.2, 0.25) is 5.60 Å². The first-order valence-electron chi connectivity index (χ1n) is 12.3. The Bertz CT molecular complexity index is 1570. The lowest BCUT2D eigenvalue weighted by Crippen LogP contribution is -2.57. The number of imidazole rings is 1. The largest absolute Gasteiger partial charge is 0.587 e. The summed E-state index contributed by atoms with van der Waals surface area (Å²) in [7, 11) is -2.21. The van der Waals surface area contributed by atoms with Crippen molar-refractivity contribution in [2.75, 3.05) is 26.6 Å². The lowest BCUT2D eigenvalue weighted by Gasteiger charge is -2.33. The van der Waals surface area contributed by atoms with E-state index in [-0.39, 0.29) is 28.5 Å². The van der Waals surface area contributed by atoms with Gasteiger partial charge in [0.1, 0.15) is 41.4 Å². The van der Waals surface area contributed by atoms with Gasteiger partial charge in [-0.25, -0.2) is 28.3 Å². The van der Waals surface area contributed by atoms with Crippen molar-refractivity contribution in [1.82, 2.24) is 19.5 Å². The van der Waals surface area contributed by atoms with E-state index in [4.69, 9.17) is 33.5 Å². The summed E-state index contributed by atoms with van der Waals surface area (Å²) in [6.45, 7) is -1.75. The van der Waals surface area contributed by atoms with E-state index in [9.17, 15) is 18.5 Å². The van der Waals surface area contributed by atoms with Gasteiger partial charge in [0.15, 0.2) is 23.8 Å². The van der Waals surface area contributed by atoms with Gasteiger partial charge in [-0.05, 0) is 48.5 Å². The van der Waals surface area contributed by atoms with Crippen molar-refractivity contribution in [2.45, 2.75) is 30.3 Å². The SMILES string of the molecule is COc1ccc(OP(=O)(OC[C@@]2(C(F)F)O[C@@H](n3cnc4c(N)ncnc43)[C@@H](O)C2(F)F)Oc2ccc(OC)cc2)cc1. The molecule has 0 spiro atoms. The Morgan fingerprint density at radius 3 is 2.02 bits per heavy atom. The molecule has 3 heterocycles. The number of aliphatic hydroxyl groups excluding tert-OH is 1. The minimum atomic E-state index is -5.01. The van der Waals surface area contributed by atoms with Gasteiger partial charge < -0.3 is 34.1 Å². The highest BCUT2D eigenvalue weighted by Crippen LogP contribution is 2.56. The molecule has 0 aliphatic carbocycles. The summed E-state index contributed by atoms with van der Waals surface area (Å²) in [6, 6.07) is 10.9. The number of benzene rings is 2. The average molecular weight is 629 g/mol. The van der Waals surface area contributed by atoms with Crippen LogP contribution in [0.3, 0.4) is 0 Å². The molecule has 230 valence electrons. The number of hydrogen-bond acceptors (Lipinski definition) is 12. The summed E-state index contributed by atoms with van der Waals surface area (Å²) in [4.78, 5) is 11.5. The minimum Gasteiger partial charge on any atom is -0.497 e. The van der Waals surface area contributed by atoms with Crippen molar-refractivity contribution in [2.24, 2.45) is 0 Å². The van der Waals surface area contributed by atoms with E-state index in [1.54, 1.807) is 0 Å². The van der Waals surface area contributed by atoms with E-state index >= 15 is 8.78 Å². The van der Waals surface area contributed by atoms with Crippen molar-refractivity contribution in [3.63, 3.8) is 0 Å². The highest BCUT2D eigenvalue weighted by Gasteiger charge is 2.74. The first-order valence-corrected chi connectivity index (χ1v) is 13.8. The summed E-state index contributed by atoms with van der Waals surface area (Å²) < 4.78 is 106. The number of rotatable bonds is 11. The Hall–Kier alpha value is -4.18. The lowest BCUT2D eigenvalue weighted by molar-refractivity contribution is -0.242. The Morgan fingerprint density at radius 2 is 1.51 bits per heavy atom. The molecule has 1 fully saturated rings. The van der Waals surface area contributed by atoms with E-state index in [1.165, 1.54) is 62.8 Å². The number of fused-ring (bicyclic) bond motifs is 1. The van der Waals surface area contributed by atoms with Crippen LogP contribution in [0.5, 0.6) is 23.0 Å². The maximum absolute atomic E-state index is 15.6. The van der Waals surface area contributed by atoms with Crippen molar-refractivity contribution in [3.05, 3.63) is 61.2 Å². The number of anilines is 1. The Kier molecular flexibility index (Phi) is 8.09. The van der Waals surface area contributed by atoms with Gasteiger partial charge >= 0.3 is 13.7 Å². The number of methoxy groups -OCH3 is 2. The second-order valence-electron chi connectivity index (χ2n) is 9.10. The molecule has 13 nitrogen and oxygen atoms in total. The molecule has 5 rings (SSSR count). The zero-order valence-corrected chi connectivity index (χ0v) is 23.2. The standard InChI is InChI=1S/C25H24F4N5O8P/c1-37-14-3-7-16(8-4-14)41-43(36,42-17-9-5-15(38-2)6-10-17)39-11-24(23(26)27)25(28,29)19(35)22(40-24)34-13-33-18-20(30)31-12-32-21(18)34/h3-10,12-13,19,22-23,35H,11H2,1-2H3,(H2,30,31,32)/t19-,22-,24+/m1/s1. The summed E-state index contributed by atoms with van der Waals surface area (Å²) in [5.41, 5.74) is 1.67. The van der Waals surface area contributed by atoms with Crippen molar-refractivity contribution in [1.29, 1.82) is 0 Å². The number of phosphoric acid groups is 1. The van der Waals surface area contributed by atoms with Crippen molar-refractivity contribution >= 4 is 24.8 Å². The Morgan fingerprint density at radius 1 is 0.977 bits per heavy atom. The number of hydrogen-bond donors (Lipinski definition) is 2. The fourth-order valence-corrected chi connectivity index (χ4v) is 5.47. The number of halogens is 4. The van der Waals surface area contributed by atoms with Gasteiger partial charge in [0.05, 0.1) is 20.5 Å².